The first-order valence-corrected chi connectivity index (χ1v) is 7.00. The van der Waals surface area contributed by atoms with Gasteiger partial charge >= 0.3 is 0 Å². The van der Waals surface area contributed by atoms with Gasteiger partial charge in [0, 0.05) is 10.0 Å². The Bertz CT molecular complexity index is 613. The Kier molecular flexibility index (Phi) is 5.31. The lowest BCUT2D eigenvalue weighted by Crippen LogP contribution is -2.29. The van der Waals surface area contributed by atoms with Gasteiger partial charge in [-0.1, -0.05) is 29.3 Å². The third-order valence-corrected chi connectivity index (χ3v) is 3.77. The molecule has 0 saturated carbocycles. The van der Waals surface area contributed by atoms with Crippen molar-refractivity contribution < 1.29 is 9.47 Å². The minimum absolute atomic E-state index is 0.415. The van der Waals surface area contributed by atoms with Gasteiger partial charge in [-0.2, -0.15) is 0 Å². The van der Waals surface area contributed by atoms with E-state index < -0.39 is 6.04 Å². The van der Waals surface area contributed by atoms with Gasteiger partial charge in [-0.25, -0.2) is 5.43 Å². The summed E-state index contributed by atoms with van der Waals surface area (Å²) in [5.41, 5.74) is 4.25. The highest BCUT2D eigenvalue weighted by Crippen LogP contribution is 2.39. The maximum atomic E-state index is 6.27. The summed E-state index contributed by atoms with van der Waals surface area (Å²) in [6.07, 6.45) is 0. The number of hydrogen-bond donors (Lipinski definition) is 2. The van der Waals surface area contributed by atoms with E-state index in [1.165, 1.54) is 0 Å². The molecule has 0 aliphatic heterocycles. The number of ether oxygens (including phenoxy) is 2. The van der Waals surface area contributed by atoms with Crippen molar-refractivity contribution in [3.63, 3.8) is 0 Å². The lowest BCUT2D eigenvalue weighted by atomic mass is 9.97. The van der Waals surface area contributed by atoms with Gasteiger partial charge in [0.1, 0.15) is 11.5 Å². The zero-order chi connectivity index (χ0) is 15.4. The molecular weight excluding hydrogens is 311 g/mol. The molecule has 0 aliphatic rings. The van der Waals surface area contributed by atoms with Gasteiger partial charge in [0.25, 0.3) is 0 Å². The molecule has 0 bridgehead atoms. The second kappa shape index (κ2) is 7.00. The van der Waals surface area contributed by atoms with Crippen molar-refractivity contribution in [2.75, 3.05) is 14.2 Å². The molecule has 1 unspecified atom stereocenters. The average Bonchev–Trinajstić information content (AvgIpc) is 2.51. The first-order chi connectivity index (χ1) is 10.1. The summed E-state index contributed by atoms with van der Waals surface area (Å²) >= 11 is 12.3. The Morgan fingerprint density at radius 1 is 1.05 bits per heavy atom. The van der Waals surface area contributed by atoms with Gasteiger partial charge in [-0.3, -0.25) is 5.84 Å². The monoisotopic (exact) mass is 326 g/mol. The Hall–Kier alpha value is -1.46. The number of nitrogens with two attached hydrogens (primary N) is 1. The van der Waals surface area contributed by atoms with Crippen LogP contribution in [-0.2, 0) is 0 Å². The van der Waals surface area contributed by atoms with Crippen molar-refractivity contribution in [1.29, 1.82) is 0 Å². The van der Waals surface area contributed by atoms with Crippen LogP contribution in [0.4, 0.5) is 0 Å². The molecular formula is C15H16Cl2N2O2. The first kappa shape index (κ1) is 15.9. The topological polar surface area (TPSA) is 56.5 Å². The van der Waals surface area contributed by atoms with E-state index in [-0.39, 0.29) is 0 Å². The fourth-order valence-corrected chi connectivity index (χ4v) is 2.64. The quantitative estimate of drug-likeness (QED) is 0.651. The molecule has 0 fully saturated rings. The van der Waals surface area contributed by atoms with Crippen molar-refractivity contribution in [3.05, 3.63) is 57.6 Å². The highest BCUT2D eigenvalue weighted by Gasteiger charge is 2.23. The predicted octanol–water partition coefficient (Wildman–Crippen LogP) is 3.56. The summed E-state index contributed by atoms with van der Waals surface area (Å²) in [6, 6.07) is 10.3. The minimum atomic E-state index is -0.415. The van der Waals surface area contributed by atoms with E-state index in [0.717, 1.165) is 11.1 Å². The maximum absolute atomic E-state index is 6.27. The van der Waals surface area contributed by atoms with Crippen molar-refractivity contribution >= 4 is 23.2 Å². The summed E-state index contributed by atoms with van der Waals surface area (Å²) in [4.78, 5) is 0. The van der Waals surface area contributed by atoms with Gasteiger partial charge in [0.2, 0.25) is 0 Å². The van der Waals surface area contributed by atoms with Crippen molar-refractivity contribution in [2.45, 2.75) is 6.04 Å². The number of methoxy groups -OCH3 is 2. The van der Waals surface area contributed by atoms with E-state index in [2.05, 4.69) is 5.43 Å². The highest BCUT2D eigenvalue weighted by molar-refractivity contribution is 6.33. The summed E-state index contributed by atoms with van der Waals surface area (Å²) in [5, 5.41) is 1.12. The zero-order valence-electron chi connectivity index (χ0n) is 11.7. The fourth-order valence-electron chi connectivity index (χ4n) is 2.23. The number of rotatable bonds is 5. The fraction of sp³-hybridized carbons (Fsp3) is 0.200. The smallest absolute Gasteiger partial charge is 0.127 e. The number of nitrogens with one attached hydrogen (secondary N) is 1. The Labute approximate surface area is 133 Å². The molecule has 0 aromatic heterocycles. The van der Waals surface area contributed by atoms with E-state index >= 15 is 0 Å². The predicted molar refractivity (Wildman–Crippen MR) is 85.2 cm³/mol. The van der Waals surface area contributed by atoms with Crippen molar-refractivity contribution in [2.24, 2.45) is 5.84 Å². The van der Waals surface area contributed by atoms with Crippen LogP contribution in [0.3, 0.4) is 0 Å². The van der Waals surface area contributed by atoms with E-state index in [0.29, 0.717) is 21.5 Å². The second-order valence-corrected chi connectivity index (χ2v) is 5.19. The van der Waals surface area contributed by atoms with E-state index in [1.807, 2.05) is 18.2 Å². The summed E-state index contributed by atoms with van der Waals surface area (Å²) in [7, 11) is 3.18. The standard InChI is InChI=1S/C15H16Cl2N2O2/c1-20-12-4-3-5-13(21-2)14(12)15(19-18)10-8-9(16)6-7-11(10)17/h3-8,15,19H,18H2,1-2H3. The molecule has 0 radical (unpaired) electrons. The normalized spacial score (nSPS) is 12.0. The third-order valence-electron chi connectivity index (χ3n) is 3.19. The Morgan fingerprint density at radius 3 is 2.19 bits per heavy atom. The molecule has 112 valence electrons. The minimum Gasteiger partial charge on any atom is -0.496 e. The third kappa shape index (κ3) is 3.24. The van der Waals surface area contributed by atoms with Crippen LogP contribution in [0.2, 0.25) is 10.0 Å². The molecule has 2 aromatic carbocycles. The Morgan fingerprint density at radius 2 is 1.67 bits per heavy atom. The molecule has 0 saturated heterocycles. The Balaban J connectivity index is 2.63. The lowest BCUT2D eigenvalue weighted by Gasteiger charge is -2.23. The van der Waals surface area contributed by atoms with Gasteiger partial charge in [0.05, 0.1) is 25.8 Å². The first-order valence-electron chi connectivity index (χ1n) is 6.24. The number of hydrazine groups is 1. The van der Waals surface area contributed by atoms with E-state index in [1.54, 1.807) is 32.4 Å². The summed E-state index contributed by atoms with van der Waals surface area (Å²) in [5.74, 6) is 7.03. The van der Waals surface area contributed by atoms with Crippen LogP contribution in [0.25, 0.3) is 0 Å². The molecule has 21 heavy (non-hydrogen) atoms. The largest absolute Gasteiger partial charge is 0.496 e. The molecule has 0 heterocycles. The van der Waals surface area contributed by atoms with Crippen LogP contribution in [0.15, 0.2) is 36.4 Å². The average molecular weight is 327 g/mol. The number of hydrogen-bond acceptors (Lipinski definition) is 4. The van der Waals surface area contributed by atoms with Gasteiger partial charge < -0.3 is 9.47 Å². The van der Waals surface area contributed by atoms with E-state index in [9.17, 15) is 0 Å². The van der Waals surface area contributed by atoms with Crippen LogP contribution in [-0.4, -0.2) is 14.2 Å². The van der Waals surface area contributed by atoms with Crippen LogP contribution in [0.5, 0.6) is 11.5 Å². The summed E-state index contributed by atoms with van der Waals surface area (Å²) < 4.78 is 10.8. The zero-order valence-corrected chi connectivity index (χ0v) is 13.2. The molecule has 2 rings (SSSR count). The molecule has 2 aromatic rings. The number of halogens is 2. The van der Waals surface area contributed by atoms with Crippen LogP contribution < -0.4 is 20.7 Å². The van der Waals surface area contributed by atoms with Gasteiger partial charge in [-0.15, -0.1) is 0 Å². The van der Waals surface area contributed by atoms with Gasteiger partial charge in [-0.05, 0) is 35.9 Å². The molecule has 3 N–H and O–H groups in total. The van der Waals surface area contributed by atoms with Crippen LogP contribution >= 0.6 is 23.2 Å². The molecule has 4 nitrogen and oxygen atoms in total. The lowest BCUT2D eigenvalue weighted by molar-refractivity contribution is 0.377. The molecule has 1 atom stereocenters. The molecule has 0 amide bonds. The molecule has 0 spiro atoms. The van der Waals surface area contributed by atoms with E-state index in [4.69, 9.17) is 38.5 Å². The molecule has 6 heteroatoms. The van der Waals surface area contributed by atoms with Crippen molar-refractivity contribution in [1.82, 2.24) is 5.43 Å². The highest BCUT2D eigenvalue weighted by atomic mass is 35.5. The number of benzene rings is 2. The van der Waals surface area contributed by atoms with Gasteiger partial charge in [0.15, 0.2) is 0 Å². The second-order valence-electron chi connectivity index (χ2n) is 4.34. The molecule has 0 aliphatic carbocycles. The van der Waals surface area contributed by atoms with Crippen molar-refractivity contribution in [3.8, 4) is 11.5 Å². The van der Waals surface area contributed by atoms with Crippen LogP contribution in [0.1, 0.15) is 17.2 Å². The SMILES string of the molecule is COc1cccc(OC)c1C(NN)c1cc(Cl)ccc1Cl. The van der Waals surface area contributed by atoms with Crippen LogP contribution in [0, 0.1) is 0 Å². The summed E-state index contributed by atoms with van der Waals surface area (Å²) in [6.45, 7) is 0. The maximum Gasteiger partial charge on any atom is 0.127 e.